The molecule has 0 aliphatic rings. The first-order valence-corrected chi connectivity index (χ1v) is 14.8. The van der Waals surface area contributed by atoms with Crippen LogP contribution in [0, 0.1) is 20.8 Å². The summed E-state index contributed by atoms with van der Waals surface area (Å²) in [7, 11) is -4.07. The molecule has 0 bridgehead atoms. The molecule has 0 saturated heterocycles. The van der Waals surface area contributed by atoms with Crippen molar-refractivity contribution in [2.45, 2.75) is 64.9 Å². The minimum atomic E-state index is -4.07. The Morgan fingerprint density at radius 1 is 0.821 bits per heavy atom. The summed E-state index contributed by atoms with van der Waals surface area (Å²) in [6, 6.07) is 20.5. The van der Waals surface area contributed by atoms with E-state index in [9.17, 15) is 18.0 Å². The summed E-state index contributed by atoms with van der Waals surface area (Å²) in [6.45, 7) is 9.74. The Morgan fingerprint density at radius 2 is 1.33 bits per heavy atom. The summed E-state index contributed by atoms with van der Waals surface area (Å²) < 4.78 is 28.8. The van der Waals surface area contributed by atoms with E-state index in [1.54, 1.807) is 43.3 Å². The van der Waals surface area contributed by atoms with Crippen molar-refractivity contribution in [3.05, 3.63) is 95.1 Å². The van der Waals surface area contributed by atoms with Crippen molar-refractivity contribution in [3.63, 3.8) is 0 Å². The van der Waals surface area contributed by atoms with Gasteiger partial charge in [-0.05, 0) is 63.9 Å². The zero-order chi connectivity index (χ0) is 28.6. The Kier molecular flexibility index (Phi) is 10.3. The number of nitrogens with one attached hydrogen (secondary N) is 1. The second-order valence-electron chi connectivity index (χ2n) is 9.99. The molecule has 0 aliphatic carbocycles. The number of aryl methyl sites for hydroxylation is 3. The van der Waals surface area contributed by atoms with Crippen molar-refractivity contribution < 1.29 is 18.0 Å². The number of rotatable bonds is 12. The predicted molar refractivity (Wildman–Crippen MR) is 156 cm³/mol. The molecular formula is C31H39N3O4S. The van der Waals surface area contributed by atoms with Crippen molar-refractivity contribution in [2.24, 2.45) is 0 Å². The molecule has 0 heterocycles. The predicted octanol–water partition coefficient (Wildman–Crippen LogP) is 5.14. The van der Waals surface area contributed by atoms with Crippen LogP contribution in [0.15, 0.2) is 77.7 Å². The van der Waals surface area contributed by atoms with Crippen molar-refractivity contribution in [1.82, 2.24) is 10.2 Å². The van der Waals surface area contributed by atoms with E-state index >= 15 is 0 Å². The first-order valence-electron chi connectivity index (χ1n) is 13.3. The average molecular weight is 550 g/mol. The molecule has 208 valence electrons. The number of sulfonamides is 1. The van der Waals surface area contributed by atoms with E-state index < -0.39 is 28.5 Å². The van der Waals surface area contributed by atoms with Gasteiger partial charge in [0, 0.05) is 13.1 Å². The zero-order valence-corrected chi connectivity index (χ0v) is 24.3. The van der Waals surface area contributed by atoms with E-state index in [1.807, 2.05) is 64.1 Å². The maximum absolute atomic E-state index is 13.9. The fourth-order valence-electron chi connectivity index (χ4n) is 4.09. The quantitative estimate of drug-likeness (QED) is 0.317. The van der Waals surface area contributed by atoms with Gasteiger partial charge in [-0.1, -0.05) is 78.6 Å². The Bertz CT molecular complexity index is 1350. The number of carbonyl (C=O) groups excluding carboxylic acids is 2. The number of hydrogen-bond acceptors (Lipinski definition) is 4. The van der Waals surface area contributed by atoms with Gasteiger partial charge in [-0.3, -0.25) is 13.9 Å². The fraction of sp³-hybridized carbons (Fsp3) is 0.355. The van der Waals surface area contributed by atoms with E-state index in [-0.39, 0.29) is 17.3 Å². The lowest BCUT2D eigenvalue weighted by atomic mass is 10.1. The molecule has 3 rings (SSSR count). The van der Waals surface area contributed by atoms with Crippen LogP contribution in [0.4, 0.5) is 5.69 Å². The third-order valence-corrected chi connectivity index (χ3v) is 8.47. The van der Waals surface area contributed by atoms with Crippen molar-refractivity contribution in [1.29, 1.82) is 0 Å². The monoisotopic (exact) mass is 549 g/mol. The van der Waals surface area contributed by atoms with Crippen LogP contribution in [0.1, 0.15) is 48.9 Å². The maximum Gasteiger partial charge on any atom is 0.264 e. The van der Waals surface area contributed by atoms with Crippen LogP contribution in [0.3, 0.4) is 0 Å². The molecule has 0 aromatic heterocycles. The molecule has 0 aliphatic heterocycles. The molecule has 39 heavy (non-hydrogen) atoms. The Labute approximate surface area is 232 Å². The highest BCUT2D eigenvalue weighted by atomic mass is 32.2. The second-order valence-corrected chi connectivity index (χ2v) is 11.9. The Morgan fingerprint density at radius 3 is 1.87 bits per heavy atom. The summed E-state index contributed by atoms with van der Waals surface area (Å²) in [5.74, 6) is -0.739. The van der Waals surface area contributed by atoms with Gasteiger partial charge in [0.25, 0.3) is 10.0 Å². The molecule has 1 atom stereocenters. The van der Waals surface area contributed by atoms with E-state index in [4.69, 9.17) is 0 Å². The number of benzene rings is 3. The van der Waals surface area contributed by atoms with Gasteiger partial charge >= 0.3 is 0 Å². The van der Waals surface area contributed by atoms with Crippen LogP contribution < -0.4 is 9.62 Å². The summed E-state index contributed by atoms with van der Waals surface area (Å²) in [4.78, 5) is 28.5. The van der Waals surface area contributed by atoms with E-state index in [2.05, 4.69) is 5.32 Å². The minimum absolute atomic E-state index is 0.0944. The molecule has 3 aromatic carbocycles. The van der Waals surface area contributed by atoms with Crippen molar-refractivity contribution in [2.75, 3.05) is 17.4 Å². The summed E-state index contributed by atoms with van der Waals surface area (Å²) >= 11 is 0. The van der Waals surface area contributed by atoms with Crippen LogP contribution in [-0.2, 0) is 26.2 Å². The molecule has 3 aromatic rings. The lowest BCUT2D eigenvalue weighted by molar-refractivity contribution is -0.139. The van der Waals surface area contributed by atoms with Gasteiger partial charge in [0.05, 0.1) is 10.6 Å². The number of hydrogen-bond donors (Lipinski definition) is 1. The SMILES string of the molecule is CCCCNC(=O)[C@@H](C)N(Cc1ccc(C)cc1)C(=O)CN(c1ccc(C)cc1)S(=O)(=O)c1ccc(C)cc1. The highest BCUT2D eigenvalue weighted by Gasteiger charge is 2.32. The molecule has 0 saturated carbocycles. The molecule has 1 N–H and O–H groups in total. The van der Waals surface area contributed by atoms with Gasteiger partial charge in [-0.15, -0.1) is 0 Å². The number of nitrogens with zero attached hydrogens (tertiary/aromatic N) is 2. The normalized spacial score (nSPS) is 12.0. The van der Waals surface area contributed by atoms with Crippen LogP contribution in [0.25, 0.3) is 0 Å². The highest BCUT2D eigenvalue weighted by molar-refractivity contribution is 7.92. The van der Waals surface area contributed by atoms with E-state index in [0.717, 1.165) is 39.4 Å². The van der Waals surface area contributed by atoms with Crippen molar-refractivity contribution >= 4 is 27.5 Å². The topological polar surface area (TPSA) is 86.8 Å². The molecule has 0 fully saturated rings. The minimum Gasteiger partial charge on any atom is -0.354 e. The van der Waals surface area contributed by atoms with Gasteiger partial charge < -0.3 is 10.2 Å². The fourth-order valence-corrected chi connectivity index (χ4v) is 5.50. The van der Waals surface area contributed by atoms with Gasteiger partial charge in [-0.25, -0.2) is 8.42 Å². The third kappa shape index (κ3) is 7.93. The van der Waals surface area contributed by atoms with Gasteiger partial charge in [0.1, 0.15) is 12.6 Å². The number of anilines is 1. The molecule has 2 amide bonds. The highest BCUT2D eigenvalue weighted by Crippen LogP contribution is 2.25. The molecule has 8 heteroatoms. The van der Waals surface area contributed by atoms with Gasteiger partial charge in [-0.2, -0.15) is 0 Å². The van der Waals surface area contributed by atoms with E-state index in [1.165, 1.54) is 4.90 Å². The van der Waals surface area contributed by atoms with Crippen molar-refractivity contribution in [3.8, 4) is 0 Å². The largest absolute Gasteiger partial charge is 0.354 e. The zero-order valence-electron chi connectivity index (χ0n) is 23.5. The first kappa shape index (κ1) is 29.9. The van der Waals surface area contributed by atoms with Crippen LogP contribution in [-0.4, -0.2) is 44.3 Å². The van der Waals surface area contributed by atoms with Gasteiger partial charge in [0.15, 0.2) is 0 Å². The number of carbonyl (C=O) groups is 2. The second kappa shape index (κ2) is 13.4. The summed E-state index contributed by atoms with van der Waals surface area (Å²) in [5.41, 5.74) is 4.21. The summed E-state index contributed by atoms with van der Waals surface area (Å²) in [6.07, 6.45) is 1.77. The first-order chi connectivity index (χ1) is 18.5. The third-order valence-electron chi connectivity index (χ3n) is 6.68. The van der Waals surface area contributed by atoms with Gasteiger partial charge in [0.2, 0.25) is 11.8 Å². The Balaban J connectivity index is 1.98. The van der Waals surface area contributed by atoms with Crippen LogP contribution >= 0.6 is 0 Å². The number of amides is 2. The standard InChI is InChI=1S/C31H39N3O4S/c1-6-7-20-32-31(36)26(5)33(21-27-14-8-23(2)9-15-27)30(35)22-34(28-16-10-24(3)11-17-28)39(37,38)29-18-12-25(4)13-19-29/h8-19,26H,6-7,20-22H2,1-5H3,(H,32,36)/t26-/m1/s1. The maximum atomic E-state index is 13.9. The lowest BCUT2D eigenvalue weighted by Gasteiger charge is -2.32. The van der Waals surface area contributed by atoms with E-state index in [0.29, 0.717) is 12.2 Å². The average Bonchev–Trinajstić information content (AvgIpc) is 2.91. The molecule has 0 spiro atoms. The smallest absolute Gasteiger partial charge is 0.264 e. The lowest BCUT2D eigenvalue weighted by Crippen LogP contribution is -2.51. The molecule has 0 radical (unpaired) electrons. The van der Waals surface area contributed by atoms with Crippen LogP contribution in [0.2, 0.25) is 0 Å². The van der Waals surface area contributed by atoms with Crippen LogP contribution in [0.5, 0.6) is 0 Å². The Hall–Kier alpha value is -3.65. The molecule has 7 nitrogen and oxygen atoms in total. The molecule has 0 unspecified atom stereocenters. The summed E-state index contributed by atoms with van der Waals surface area (Å²) in [5, 5.41) is 2.90. The molecular weight excluding hydrogens is 510 g/mol. The number of unbranched alkanes of at least 4 members (excludes halogenated alkanes) is 1.